The molecule has 1 aromatic heterocycles. The van der Waals surface area contributed by atoms with Gasteiger partial charge in [-0.3, -0.25) is 4.79 Å². The van der Waals surface area contributed by atoms with Crippen LogP contribution in [0.15, 0.2) is 35.0 Å². The first kappa shape index (κ1) is 15.0. The van der Waals surface area contributed by atoms with Gasteiger partial charge in [-0.25, -0.2) is 4.63 Å². The van der Waals surface area contributed by atoms with E-state index in [2.05, 4.69) is 20.3 Å². The minimum Gasteiger partial charge on any atom is -0.306 e. The smallest absolute Gasteiger partial charge is 0.306 e. The number of amides is 1. The highest BCUT2D eigenvalue weighted by atomic mass is 19.4. The van der Waals surface area contributed by atoms with Gasteiger partial charge in [-0.15, -0.1) is 0 Å². The number of halogens is 3. The summed E-state index contributed by atoms with van der Waals surface area (Å²) in [4.78, 5) is 11.8. The highest BCUT2D eigenvalue weighted by molar-refractivity contribution is 5.90. The van der Waals surface area contributed by atoms with Crippen LogP contribution in [0.1, 0.15) is 23.6 Å². The SMILES string of the molecule is Cc1nonc1NC(=O)C[C@@H](c1ccccc1)C(F)(F)F. The molecule has 0 spiro atoms. The Kier molecular flexibility index (Phi) is 4.25. The topological polar surface area (TPSA) is 68.0 Å². The normalized spacial score (nSPS) is 13.0. The number of hydrogen-bond acceptors (Lipinski definition) is 4. The fourth-order valence-corrected chi connectivity index (χ4v) is 1.82. The Morgan fingerprint density at radius 2 is 1.95 bits per heavy atom. The van der Waals surface area contributed by atoms with Gasteiger partial charge in [-0.1, -0.05) is 35.5 Å². The summed E-state index contributed by atoms with van der Waals surface area (Å²) < 4.78 is 43.7. The zero-order valence-electron chi connectivity index (χ0n) is 11.0. The summed E-state index contributed by atoms with van der Waals surface area (Å²) in [6.45, 7) is 1.52. The van der Waals surface area contributed by atoms with E-state index in [4.69, 9.17) is 0 Å². The Balaban J connectivity index is 2.13. The summed E-state index contributed by atoms with van der Waals surface area (Å²) in [5, 5.41) is 9.09. The number of anilines is 1. The lowest BCUT2D eigenvalue weighted by atomic mass is 9.95. The molecule has 0 saturated heterocycles. The Morgan fingerprint density at radius 1 is 1.29 bits per heavy atom. The molecule has 5 nitrogen and oxygen atoms in total. The van der Waals surface area contributed by atoms with E-state index in [0.717, 1.165) is 0 Å². The van der Waals surface area contributed by atoms with Crippen LogP contribution in [0.25, 0.3) is 0 Å². The van der Waals surface area contributed by atoms with Gasteiger partial charge in [0.2, 0.25) is 5.91 Å². The standard InChI is InChI=1S/C13H12F3N3O2/c1-8-12(19-21-18-8)17-11(20)7-10(13(14,15)16)9-5-3-2-4-6-9/h2-6,10H,7H2,1H3,(H,17,19,20)/t10-/m0/s1. The van der Waals surface area contributed by atoms with Crippen LogP contribution < -0.4 is 5.32 Å². The van der Waals surface area contributed by atoms with Gasteiger partial charge >= 0.3 is 6.18 Å². The van der Waals surface area contributed by atoms with E-state index in [1.807, 2.05) is 0 Å². The predicted octanol–water partition coefficient (Wildman–Crippen LogP) is 3.05. The molecule has 1 heterocycles. The molecule has 2 rings (SSSR count). The molecule has 0 bridgehead atoms. The molecule has 0 aliphatic carbocycles. The van der Waals surface area contributed by atoms with Gasteiger partial charge < -0.3 is 5.32 Å². The molecular weight excluding hydrogens is 287 g/mol. The second-order valence-electron chi connectivity index (χ2n) is 4.46. The van der Waals surface area contributed by atoms with E-state index in [9.17, 15) is 18.0 Å². The number of alkyl halides is 3. The number of nitrogens with one attached hydrogen (secondary N) is 1. The zero-order chi connectivity index (χ0) is 15.5. The predicted molar refractivity (Wildman–Crippen MR) is 67.5 cm³/mol. The second kappa shape index (κ2) is 5.94. The molecule has 1 N–H and O–H groups in total. The molecular formula is C13H12F3N3O2. The fraction of sp³-hybridized carbons (Fsp3) is 0.308. The van der Waals surface area contributed by atoms with Crippen LogP contribution in [0.5, 0.6) is 0 Å². The number of hydrogen-bond donors (Lipinski definition) is 1. The van der Waals surface area contributed by atoms with Crippen molar-refractivity contribution in [1.29, 1.82) is 0 Å². The van der Waals surface area contributed by atoms with Crippen molar-refractivity contribution in [2.75, 3.05) is 5.32 Å². The van der Waals surface area contributed by atoms with Crippen LogP contribution in [-0.4, -0.2) is 22.4 Å². The molecule has 1 amide bonds. The molecule has 0 saturated carbocycles. The van der Waals surface area contributed by atoms with E-state index in [-0.39, 0.29) is 11.4 Å². The van der Waals surface area contributed by atoms with Crippen LogP contribution in [0.2, 0.25) is 0 Å². The average Bonchev–Trinajstić information content (AvgIpc) is 2.81. The molecule has 2 aromatic rings. The maximum absolute atomic E-state index is 13.1. The lowest BCUT2D eigenvalue weighted by molar-refractivity contribution is -0.155. The minimum atomic E-state index is -4.52. The number of carbonyl (C=O) groups is 1. The number of carbonyl (C=O) groups excluding carboxylic acids is 1. The Labute approximate surface area is 118 Å². The van der Waals surface area contributed by atoms with Crippen LogP contribution >= 0.6 is 0 Å². The quantitative estimate of drug-likeness (QED) is 0.942. The summed E-state index contributed by atoms with van der Waals surface area (Å²) in [7, 11) is 0. The molecule has 0 unspecified atom stereocenters. The molecule has 0 fully saturated rings. The van der Waals surface area contributed by atoms with Crippen molar-refractivity contribution >= 4 is 11.7 Å². The van der Waals surface area contributed by atoms with Crippen molar-refractivity contribution in [2.24, 2.45) is 0 Å². The van der Waals surface area contributed by atoms with Crippen molar-refractivity contribution in [1.82, 2.24) is 10.3 Å². The van der Waals surface area contributed by atoms with Gasteiger partial charge in [0.25, 0.3) is 0 Å². The maximum atomic E-state index is 13.1. The maximum Gasteiger partial charge on any atom is 0.396 e. The third-order valence-corrected chi connectivity index (χ3v) is 2.90. The number of aromatic nitrogens is 2. The van der Waals surface area contributed by atoms with Crippen molar-refractivity contribution in [3.05, 3.63) is 41.6 Å². The van der Waals surface area contributed by atoms with Gasteiger partial charge in [-0.2, -0.15) is 13.2 Å². The molecule has 0 aliphatic rings. The lowest BCUT2D eigenvalue weighted by Gasteiger charge is -2.20. The van der Waals surface area contributed by atoms with E-state index < -0.39 is 24.4 Å². The Bertz CT molecular complexity index is 611. The number of benzene rings is 1. The van der Waals surface area contributed by atoms with Gasteiger partial charge in [0.05, 0.1) is 5.92 Å². The van der Waals surface area contributed by atoms with Crippen molar-refractivity contribution in [3.63, 3.8) is 0 Å². The first-order chi connectivity index (χ1) is 9.88. The lowest BCUT2D eigenvalue weighted by Crippen LogP contribution is -2.26. The van der Waals surface area contributed by atoms with Crippen molar-refractivity contribution in [2.45, 2.75) is 25.4 Å². The minimum absolute atomic E-state index is 0.0222. The molecule has 21 heavy (non-hydrogen) atoms. The highest BCUT2D eigenvalue weighted by Gasteiger charge is 2.41. The number of aryl methyl sites for hydroxylation is 1. The third kappa shape index (κ3) is 3.80. The van der Waals surface area contributed by atoms with Crippen LogP contribution in [0, 0.1) is 6.92 Å². The van der Waals surface area contributed by atoms with E-state index in [1.54, 1.807) is 6.07 Å². The Hall–Kier alpha value is -2.38. The summed E-state index contributed by atoms with van der Waals surface area (Å²) >= 11 is 0. The second-order valence-corrected chi connectivity index (χ2v) is 4.46. The van der Waals surface area contributed by atoms with E-state index in [1.165, 1.54) is 31.2 Å². The zero-order valence-corrected chi connectivity index (χ0v) is 11.0. The Morgan fingerprint density at radius 3 is 2.48 bits per heavy atom. The molecule has 0 radical (unpaired) electrons. The van der Waals surface area contributed by atoms with Gasteiger partial charge in [0.1, 0.15) is 5.69 Å². The van der Waals surface area contributed by atoms with Crippen molar-refractivity contribution < 1.29 is 22.6 Å². The van der Waals surface area contributed by atoms with Crippen LogP contribution in [0.3, 0.4) is 0 Å². The molecule has 112 valence electrons. The summed E-state index contributed by atoms with van der Waals surface area (Å²) in [6.07, 6.45) is -5.25. The monoisotopic (exact) mass is 299 g/mol. The molecule has 0 aliphatic heterocycles. The first-order valence-electron chi connectivity index (χ1n) is 6.08. The summed E-state index contributed by atoms with van der Waals surface area (Å²) in [6, 6.07) is 7.29. The van der Waals surface area contributed by atoms with E-state index in [0.29, 0.717) is 5.69 Å². The van der Waals surface area contributed by atoms with Gasteiger partial charge in [0, 0.05) is 6.42 Å². The van der Waals surface area contributed by atoms with Crippen LogP contribution in [-0.2, 0) is 4.79 Å². The van der Waals surface area contributed by atoms with Gasteiger partial charge in [-0.05, 0) is 17.6 Å². The highest BCUT2D eigenvalue weighted by Crippen LogP contribution is 2.37. The molecule has 8 heteroatoms. The van der Waals surface area contributed by atoms with E-state index >= 15 is 0 Å². The summed E-state index contributed by atoms with van der Waals surface area (Å²) in [5.74, 6) is -2.66. The first-order valence-corrected chi connectivity index (χ1v) is 6.08. The van der Waals surface area contributed by atoms with Crippen LogP contribution in [0.4, 0.5) is 19.0 Å². The summed E-state index contributed by atoms with van der Waals surface area (Å²) in [5.41, 5.74) is 0.335. The third-order valence-electron chi connectivity index (χ3n) is 2.90. The molecule has 1 atom stereocenters. The number of nitrogens with zero attached hydrogens (tertiary/aromatic N) is 2. The largest absolute Gasteiger partial charge is 0.396 e. The average molecular weight is 299 g/mol. The fourth-order valence-electron chi connectivity index (χ4n) is 1.82. The van der Waals surface area contributed by atoms with Crippen molar-refractivity contribution in [3.8, 4) is 0 Å². The van der Waals surface area contributed by atoms with Gasteiger partial charge in [0.15, 0.2) is 5.82 Å². The molecule has 1 aromatic carbocycles. The number of rotatable bonds is 4.